The van der Waals surface area contributed by atoms with Gasteiger partial charge in [-0.3, -0.25) is 0 Å². The second-order valence-electron chi connectivity index (χ2n) is 4.88. The number of carboxylic acid groups (broad SMARTS) is 1. The smallest absolute Gasteiger partial charge is 0.547 e. The molecular weight excluding hydrogens is 347 g/mol. The monoisotopic (exact) mass is 365 g/mol. The van der Waals surface area contributed by atoms with Gasteiger partial charge in [-0.2, -0.15) is 0 Å². The molecule has 1 saturated heterocycles. The van der Waals surface area contributed by atoms with Crippen molar-refractivity contribution in [2.45, 2.75) is 30.7 Å². The second-order valence-corrected chi connectivity index (χ2v) is 4.88. The van der Waals surface area contributed by atoms with Gasteiger partial charge in [0.25, 0.3) is 0 Å². The van der Waals surface area contributed by atoms with Crippen molar-refractivity contribution in [2.75, 3.05) is 0 Å². The number of hydrogen-bond donors (Lipinski definition) is 3. The average molecular weight is 365 g/mol. The van der Waals surface area contributed by atoms with Crippen LogP contribution in [0.4, 0.5) is 0 Å². The number of aliphatic carboxylic acids is 1. The standard InChI is InChI=1S/C15H14O9.Na/c16-9-4-2-6-1-3-7(5-8(6)23-9)22-15-12(19)10(17)11(18)13(24-15)14(20)21;/h1-5,10-13,15,17-19H,(H,20,21);/q;+1/p-1/t10-,11+,12?,13?,15-;/m1./s1/i1D,2D,3D,4D,5D;. The molecule has 1 aromatic carbocycles. The fourth-order valence-electron chi connectivity index (χ4n) is 2.08. The van der Waals surface area contributed by atoms with E-state index >= 15 is 0 Å². The maximum absolute atomic E-state index is 11.6. The zero-order valence-electron chi connectivity index (χ0n) is 17.7. The normalized spacial score (nSPS) is 31.8. The maximum atomic E-state index is 11.6. The number of ether oxygens (including phenoxy) is 2. The summed E-state index contributed by atoms with van der Waals surface area (Å²) in [6.07, 6.45) is -10.2. The molecule has 2 heterocycles. The third-order valence-electron chi connectivity index (χ3n) is 3.28. The van der Waals surface area contributed by atoms with Gasteiger partial charge in [-0.25, -0.2) is 4.79 Å². The molecule has 3 rings (SSSR count). The summed E-state index contributed by atoms with van der Waals surface area (Å²) in [4.78, 5) is 22.7. The Morgan fingerprint density at radius 2 is 1.84 bits per heavy atom. The summed E-state index contributed by atoms with van der Waals surface area (Å²) >= 11 is 0. The van der Waals surface area contributed by atoms with Crippen molar-refractivity contribution in [3.05, 3.63) is 40.6 Å². The molecule has 0 radical (unpaired) electrons. The number of rotatable bonds is 3. The van der Waals surface area contributed by atoms with Crippen LogP contribution >= 0.6 is 0 Å². The largest absolute Gasteiger partial charge is 1.00 e. The van der Waals surface area contributed by atoms with Crippen molar-refractivity contribution in [3.63, 3.8) is 0 Å². The molecule has 1 aliphatic heterocycles. The van der Waals surface area contributed by atoms with Crippen LogP contribution in [0.2, 0.25) is 0 Å². The van der Waals surface area contributed by atoms with Crippen LogP contribution in [0.3, 0.4) is 0 Å². The molecule has 25 heavy (non-hydrogen) atoms. The SMILES string of the molecule is [2H]c1c(O[C@@H]2OC(C(=O)[O-])[C@@H](O)[C@@H](O)C2O)c([2H])c2oc(=O)c([2H])c([2H])c2c1[2H].[Na+]. The number of fused-ring (bicyclic) bond motifs is 1. The molecule has 0 bridgehead atoms. The summed E-state index contributed by atoms with van der Waals surface area (Å²) in [6, 6.07) is -3.98. The van der Waals surface area contributed by atoms with E-state index in [4.69, 9.17) is 20.7 Å². The van der Waals surface area contributed by atoms with Crippen LogP contribution in [0.1, 0.15) is 6.85 Å². The van der Waals surface area contributed by atoms with Gasteiger partial charge in [0.1, 0.15) is 35.7 Å². The van der Waals surface area contributed by atoms with E-state index in [1.165, 1.54) is 0 Å². The van der Waals surface area contributed by atoms with Gasteiger partial charge in [0.15, 0.2) is 0 Å². The Bertz CT molecular complexity index is 1060. The molecule has 10 heteroatoms. The average Bonchev–Trinajstić information content (AvgIpc) is 2.66. The number of hydrogen-bond acceptors (Lipinski definition) is 9. The molecule has 0 spiro atoms. The van der Waals surface area contributed by atoms with Crippen LogP contribution in [0.15, 0.2) is 39.4 Å². The number of carbonyl (C=O) groups is 1. The second kappa shape index (κ2) is 7.83. The molecule has 0 aliphatic carbocycles. The number of aliphatic hydroxyl groups is 3. The minimum atomic E-state index is -2.11. The van der Waals surface area contributed by atoms with E-state index in [0.29, 0.717) is 0 Å². The Morgan fingerprint density at radius 1 is 1.16 bits per heavy atom. The van der Waals surface area contributed by atoms with Crippen molar-refractivity contribution in [1.29, 1.82) is 0 Å². The molecule has 2 unspecified atom stereocenters. The van der Waals surface area contributed by atoms with E-state index in [9.17, 15) is 30.0 Å². The van der Waals surface area contributed by atoms with Crippen LogP contribution in [-0.4, -0.2) is 52.0 Å². The minimum absolute atomic E-state index is 0. The first-order valence-corrected chi connectivity index (χ1v) is 6.58. The summed E-state index contributed by atoms with van der Waals surface area (Å²) < 4.78 is 54.0. The summed E-state index contributed by atoms with van der Waals surface area (Å²) in [6.45, 7) is 0. The van der Waals surface area contributed by atoms with Crippen LogP contribution in [0, 0.1) is 0 Å². The molecule has 0 saturated carbocycles. The zero-order valence-corrected chi connectivity index (χ0v) is 14.7. The van der Waals surface area contributed by atoms with Crippen LogP contribution in [-0.2, 0) is 9.53 Å². The first kappa shape index (κ1) is 13.7. The van der Waals surface area contributed by atoms with E-state index in [-0.39, 0.29) is 29.6 Å². The van der Waals surface area contributed by atoms with Gasteiger partial charge < -0.3 is 39.1 Å². The molecule has 5 atom stereocenters. The van der Waals surface area contributed by atoms with Crippen molar-refractivity contribution >= 4 is 16.9 Å². The van der Waals surface area contributed by atoms with E-state index in [2.05, 4.69) is 0 Å². The van der Waals surface area contributed by atoms with Crippen LogP contribution in [0.5, 0.6) is 5.75 Å². The summed E-state index contributed by atoms with van der Waals surface area (Å²) in [7, 11) is 0. The van der Waals surface area contributed by atoms with Gasteiger partial charge in [-0.1, -0.05) is 0 Å². The Labute approximate surface area is 169 Å². The third-order valence-corrected chi connectivity index (χ3v) is 3.28. The van der Waals surface area contributed by atoms with Gasteiger partial charge in [0, 0.05) is 17.5 Å². The Kier molecular flexibility index (Phi) is 4.29. The molecule has 0 amide bonds. The van der Waals surface area contributed by atoms with Crippen molar-refractivity contribution in [1.82, 2.24) is 0 Å². The van der Waals surface area contributed by atoms with E-state index in [0.717, 1.165) is 0 Å². The van der Waals surface area contributed by atoms with Crippen LogP contribution in [0.25, 0.3) is 11.0 Å². The fourth-order valence-corrected chi connectivity index (χ4v) is 2.08. The molecule has 1 aliphatic rings. The van der Waals surface area contributed by atoms with E-state index in [1.54, 1.807) is 0 Å². The van der Waals surface area contributed by atoms with Crippen molar-refractivity contribution in [2.24, 2.45) is 0 Å². The Morgan fingerprint density at radius 3 is 2.52 bits per heavy atom. The molecule has 3 N–H and O–H groups in total. The predicted octanol–water partition coefficient (Wildman–Crippen LogP) is -5.27. The molecule has 128 valence electrons. The first-order valence-electron chi connectivity index (χ1n) is 9.08. The molecule has 1 fully saturated rings. The van der Waals surface area contributed by atoms with Gasteiger partial charge >= 0.3 is 35.2 Å². The van der Waals surface area contributed by atoms with E-state index in [1.807, 2.05) is 0 Å². The van der Waals surface area contributed by atoms with Crippen LogP contribution < -0.4 is 45.0 Å². The fraction of sp³-hybridized carbons (Fsp3) is 0.333. The van der Waals surface area contributed by atoms with Gasteiger partial charge in [-0.05, 0) is 18.1 Å². The number of carboxylic acids is 1. The first-order chi connectivity index (χ1) is 13.5. The van der Waals surface area contributed by atoms with Gasteiger partial charge in [0.2, 0.25) is 6.29 Å². The maximum Gasteiger partial charge on any atom is 1.00 e. The summed E-state index contributed by atoms with van der Waals surface area (Å²) in [5, 5.41) is 40.0. The predicted molar refractivity (Wildman–Crippen MR) is 74.8 cm³/mol. The van der Waals surface area contributed by atoms with Gasteiger partial charge in [0.05, 0.1) is 12.8 Å². The molecular formula is C15H13NaO9. The van der Waals surface area contributed by atoms with Crippen molar-refractivity contribution in [3.8, 4) is 5.75 Å². The minimum Gasteiger partial charge on any atom is -0.547 e. The topological polar surface area (TPSA) is 149 Å². The summed E-state index contributed by atoms with van der Waals surface area (Å²) in [5.74, 6) is -2.71. The molecule has 1 aromatic heterocycles. The molecule has 2 aromatic rings. The number of carbonyl (C=O) groups excluding carboxylic acids is 1. The quantitative estimate of drug-likeness (QED) is 0.358. The Hall–Kier alpha value is -1.46. The third kappa shape index (κ3) is 4.04. The van der Waals surface area contributed by atoms with Gasteiger partial charge in [-0.15, -0.1) is 0 Å². The van der Waals surface area contributed by atoms with E-state index < -0.39 is 89.2 Å². The summed E-state index contributed by atoms with van der Waals surface area (Å²) in [5.41, 5.74) is -1.92. The zero-order chi connectivity index (χ0) is 21.8. The number of benzene rings is 1. The Balaban J connectivity index is 0.00000320. The molecule has 9 nitrogen and oxygen atoms in total. The number of aliphatic hydroxyl groups excluding tert-OH is 3. The van der Waals surface area contributed by atoms with Crippen molar-refractivity contribution < 1.29 is 75.5 Å².